The molecule has 0 aliphatic heterocycles. The monoisotopic (exact) mass is 318 g/mol. The molecule has 0 fully saturated rings. The smallest absolute Gasteiger partial charge is 0.339 e. The number of carbonyl (C=O) groups is 1. The van der Waals surface area contributed by atoms with Gasteiger partial charge in [0.15, 0.2) is 0 Å². The van der Waals surface area contributed by atoms with Crippen molar-refractivity contribution < 1.29 is 14.6 Å². The molecule has 0 saturated carbocycles. The SMILES string of the molecule is O=C(O)c1ccc2ccccc2c1OCc1ccc(Cl)s1. The Labute approximate surface area is 130 Å². The van der Waals surface area contributed by atoms with E-state index in [4.69, 9.17) is 16.3 Å². The molecule has 3 nitrogen and oxygen atoms in total. The molecule has 0 aliphatic carbocycles. The van der Waals surface area contributed by atoms with E-state index in [-0.39, 0.29) is 5.56 Å². The highest BCUT2D eigenvalue weighted by Gasteiger charge is 2.15. The first kappa shape index (κ1) is 13.9. The topological polar surface area (TPSA) is 46.5 Å². The van der Waals surface area contributed by atoms with Gasteiger partial charge in [0, 0.05) is 10.3 Å². The fourth-order valence-corrected chi connectivity index (χ4v) is 3.14. The molecule has 5 heteroatoms. The number of benzene rings is 2. The van der Waals surface area contributed by atoms with Gasteiger partial charge in [0.2, 0.25) is 0 Å². The van der Waals surface area contributed by atoms with Crippen molar-refractivity contribution in [3.63, 3.8) is 0 Å². The molecule has 106 valence electrons. The maximum absolute atomic E-state index is 11.4. The van der Waals surface area contributed by atoms with Crippen LogP contribution < -0.4 is 4.74 Å². The number of hydrogen-bond donors (Lipinski definition) is 1. The Hall–Kier alpha value is -2.04. The van der Waals surface area contributed by atoms with Crippen LogP contribution in [0.15, 0.2) is 48.5 Å². The van der Waals surface area contributed by atoms with E-state index in [0.29, 0.717) is 16.7 Å². The van der Waals surface area contributed by atoms with Gasteiger partial charge in [-0.05, 0) is 23.6 Å². The third kappa shape index (κ3) is 2.86. The van der Waals surface area contributed by atoms with Crippen LogP contribution in [0.3, 0.4) is 0 Å². The molecule has 3 aromatic rings. The summed E-state index contributed by atoms with van der Waals surface area (Å²) in [6.45, 7) is 0.297. The van der Waals surface area contributed by atoms with Crippen LogP contribution in [0.2, 0.25) is 4.34 Å². The van der Waals surface area contributed by atoms with Crippen LogP contribution in [-0.2, 0) is 6.61 Å². The zero-order valence-corrected chi connectivity index (χ0v) is 12.4. The minimum Gasteiger partial charge on any atom is -0.487 e. The van der Waals surface area contributed by atoms with Crippen molar-refractivity contribution >= 4 is 39.7 Å². The van der Waals surface area contributed by atoms with Gasteiger partial charge >= 0.3 is 5.97 Å². The zero-order chi connectivity index (χ0) is 14.8. The molecule has 3 rings (SSSR count). The molecule has 0 radical (unpaired) electrons. The van der Waals surface area contributed by atoms with E-state index in [9.17, 15) is 9.90 Å². The van der Waals surface area contributed by atoms with E-state index in [2.05, 4.69) is 0 Å². The molecular weight excluding hydrogens is 308 g/mol. The van der Waals surface area contributed by atoms with Gasteiger partial charge in [-0.1, -0.05) is 41.9 Å². The Bertz CT molecular complexity index is 810. The molecular formula is C16H11ClO3S. The average Bonchev–Trinajstić information content (AvgIpc) is 2.90. The standard InChI is InChI=1S/C16H11ClO3S/c17-14-8-6-11(21-14)9-20-15-12-4-2-1-3-10(12)5-7-13(15)16(18)19/h1-8H,9H2,(H,18,19). The lowest BCUT2D eigenvalue weighted by Crippen LogP contribution is -2.03. The van der Waals surface area contributed by atoms with Crippen LogP contribution in [0, 0.1) is 0 Å². The predicted molar refractivity (Wildman–Crippen MR) is 84.6 cm³/mol. The lowest BCUT2D eigenvalue weighted by molar-refractivity contribution is 0.0692. The maximum Gasteiger partial charge on any atom is 0.339 e. The Morgan fingerprint density at radius 2 is 1.95 bits per heavy atom. The Balaban J connectivity index is 2.01. The van der Waals surface area contributed by atoms with Gasteiger partial charge in [0.05, 0.1) is 4.34 Å². The molecule has 0 spiro atoms. The number of fused-ring (bicyclic) bond motifs is 1. The Morgan fingerprint density at radius 3 is 2.67 bits per heavy atom. The molecule has 0 saturated heterocycles. The normalized spacial score (nSPS) is 10.7. The fraction of sp³-hybridized carbons (Fsp3) is 0.0625. The summed E-state index contributed by atoms with van der Waals surface area (Å²) in [5.74, 6) is -0.606. The second-order valence-corrected chi connectivity index (χ2v) is 6.26. The highest BCUT2D eigenvalue weighted by atomic mass is 35.5. The lowest BCUT2D eigenvalue weighted by atomic mass is 10.1. The first-order valence-electron chi connectivity index (χ1n) is 6.27. The van der Waals surface area contributed by atoms with E-state index < -0.39 is 5.97 Å². The van der Waals surface area contributed by atoms with Crippen LogP contribution in [0.1, 0.15) is 15.2 Å². The van der Waals surface area contributed by atoms with Crippen molar-refractivity contribution in [2.45, 2.75) is 6.61 Å². The Kier molecular flexibility index (Phi) is 3.82. The van der Waals surface area contributed by atoms with E-state index in [1.165, 1.54) is 11.3 Å². The molecule has 21 heavy (non-hydrogen) atoms. The third-order valence-electron chi connectivity index (χ3n) is 3.10. The van der Waals surface area contributed by atoms with Crippen LogP contribution in [0.4, 0.5) is 0 Å². The molecule has 0 unspecified atom stereocenters. The highest BCUT2D eigenvalue weighted by Crippen LogP contribution is 2.31. The van der Waals surface area contributed by atoms with Crippen molar-refractivity contribution in [3.05, 3.63) is 63.3 Å². The van der Waals surface area contributed by atoms with Crippen molar-refractivity contribution in [3.8, 4) is 5.75 Å². The van der Waals surface area contributed by atoms with Crippen molar-refractivity contribution in [1.82, 2.24) is 0 Å². The third-order valence-corrected chi connectivity index (χ3v) is 4.30. The maximum atomic E-state index is 11.4. The second kappa shape index (κ2) is 5.76. The van der Waals surface area contributed by atoms with E-state index in [1.54, 1.807) is 18.2 Å². The van der Waals surface area contributed by atoms with Gasteiger partial charge in [-0.25, -0.2) is 4.79 Å². The summed E-state index contributed by atoms with van der Waals surface area (Å²) >= 11 is 7.31. The van der Waals surface area contributed by atoms with Crippen LogP contribution in [0.25, 0.3) is 10.8 Å². The molecule has 0 bridgehead atoms. The minimum atomic E-state index is -1.00. The summed E-state index contributed by atoms with van der Waals surface area (Å²) in [5.41, 5.74) is 0.163. The molecule has 1 aromatic heterocycles. The van der Waals surface area contributed by atoms with Gasteiger partial charge < -0.3 is 9.84 Å². The fourth-order valence-electron chi connectivity index (χ4n) is 2.14. The Morgan fingerprint density at radius 1 is 1.14 bits per heavy atom. The number of carboxylic acids is 1. The number of rotatable bonds is 4. The van der Waals surface area contributed by atoms with Gasteiger partial charge in [0.1, 0.15) is 17.9 Å². The second-order valence-electron chi connectivity index (χ2n) is 4.46. The van der Waals surface area contributed by atoms with E-state index in [0.717, 1.165) is 15.6 Å². The molecule has 1 N–H and O–H groups in total. The van der Waals surface area contributed by atoms with Crippen LogP contribution >= 0.6 is 22.9 Å². The quantitative estimate of drug-likeness (QED) is 0.749. The summed E-state index contributed by atoms with van der Waals surface area (Å²) in [4.78, 5) is 12.3. The number of halogens is 1. The van der Waals surface area contributed by atoms with E-state index in [1.807, 2.05) is 30.3 Å². The number of carboxylic acid groups (broad SMARTS) is 1. The van der Waals surface area contributed by atoms with Crippen molar-refractivity contribution in [1.29, 1.82) is 0 Å². The summed E-state index contributed by atoms with van der Waals surface area (Å²) < 4.78 is 6.47. The molecule has 1 heterocycles. The van der Waals surface area contributed by atoms with Crippen LogP contribution in [0.5, 0.6) is 5.75 Å². The van der Waals surface area contributed by atoms with Gasteiger partial charge in [0.25, 0.3) is 0 Å². The number of hydrogen-bond acceptors (Lipinski definition) is 3. The first-order valence-corrected chi connectivity index (χ1v) is 7.46. The van der Waals surface area contributed by atoms with Gasteiger partial charge in [-0.3, -0.25) is 0 Å². The summed E-state index contributed by atoms with van der Waals surface area (Å²) in [6, 6.07) is 14.6. The molecule has 0 aliphatic rings. The zero-order valence-electron chi connectivity index (χ0n) is 10.9. The average molecular weight is 319 g/mol. The van der Waals surface area contributed by atoms with Gasteiger partial charge in [-0.15, -0.1) is 11.3 Å². The highest BCUT2D eigenvalue weighted by molar-refractivity contribution is 7.16. The molecule has 2 aromatic carbocycles. The summed E-state index contributed by atoms with van der Waals surface area (Å²) in [6.07, 6.45) is 0. The number of thiophene rings is 1. The number of ether oxygens (including phenoxy) is 1. The predicted octanol–water partition coefficient (Wildman–Crippen LogP) is 4.83. The largest absolute Gasteiger partial charge is 0.487 e. The number of aromatic carboxylic acids is 1. The van der Waals surface area contributed by atoms with Gasteiger partial charge in [-0.2, -0.15) is 0 Å². The molecule has 0 amide bonds. The lowest BCUT2D eigenvalue weighted by Gasteiger charge is -2.11. The summed E-state index contributed by atoms with van der Waals surface area (Å²) in [5, 5.41) is 11.1. The van der Waals surface area contributed by atoms with Crippen molar-refractivity contribution in [2.75, 3.05) is 0 Å². The van der Waals surface area contributed by atoms with Crippen LogP contribution in [-0.4, -0.2) is 11.1 Å². The van der Waals surface area contributed by atoms with Crippen molar-refractivity contribution in [2.24, 2.45) is 0 Å². The van der Waals surface area contributed by atoms with E-state index >= 15 is 0 Å². The minimum absolute atomic E-state index is 0.163. The molecule has 0 atom stereocenters. The summed E-state index contributed by atoms with van der Waals surface area (Å²) in [7, 11) is 0. The first-order chi connectivity index (χ1) is 10.1.